The van der Waals surface area contributed by atoms with Gasteiger partial charge in [0.2, 0.25) is 0 Å². The maximum Gasteiger partial charge on any atom is 0.256 e. The van der Waals surface area contributed by atoms with E-state index in [0.717, 1.165) is 42.1 Å². The second kappa shape index (κ2) is 7.12. The third kappa shape index (κ3) is 2.95. The van der Waals surface area contributed by atoms with Crippen LogP contribution in [0.25, 0.3) is 11.0 Å². The molecule has 2 aliphatic heterocycles. The molecule has 0 unspecified atom stereocenters. The van der Waals surface area contributed by atoms with Crippen molar-refractivity contribution in [3.05, 3.63) is 53.7 Å². The quantitative estimate of drug-likeness (QED) is 0.669. The molecule has 4 heterocycles. The van der Waals surface area contributed by atoms with Crippen LogP contribution in [-0.4, -0.2) is 63.6 Å². The minimum absolute atomic E-state index is 0.0386. The monoisotopic (exact) mass is 376 g/mol. The molecule has 28 heavy (non-hydrogen) atoms. The largest absolute Gasteiger partial charge is 0.378 e. The number of para-hydroxylation sites is 1. The van der Waals surface area contributed by atoms with Crippen molar-refractivity contribution in [1.29, 1.82) is 0 Å². The van der Waals surface area contributed by atoms with E-state index in [2.05, 4.69) is 24.8 Å². The molecule has 8 heteroatoms. The predicted molar refractivity (Wildman–Crippen MR) is 103 cm³/mol. The molecule has 0 radical (unpaired) electrons. The molecule has 0 aliphatic carbocycles. The van der Waals surface area contributed by atoms with Crippen molar-refractivity contribution in [2.45, 2.75) is 13.0 Å². The third-order valence-electron chi connectivity index (χ3n) is 5.31. The maximum absolute atomic E-state index is 13.2. The first-order valence-electron chi connectivity index (χ1n) is 9.46. The molecule has 5 rings (SSSR count). The van der Waals surface area contributed by atoms with Gasteiger partial charge >= 0.3 is 0 Å². The van der Waals surface area contributed by atoms with Crippen molar-refractivity contribution in [2.24, 2.45) is 0 Å². The van der Waals surface area contributed by atoms with Gasteiger partial charge in [0.25, 0.3) is 5.91 Å². The number of carbonyl (C=O) groups excluding carboxylic acids is 1. The highest BCUT2D eigenvalue weighted by Crippen LogP contribution is 2.27. The lowest BCUT2D eigenvalue weighted by Gasteiger charge is -2.33. The SMILES string of the molecule is O=C(c1cccc2nccnc12)N1CCc2c(ncnc2N2CCOCC2)C1. The van der Waals surface area contributed by atoms with Crippen molar-refractivity contribution in [2.75, 3.05) is 37.7 Å². The number of fused-ring (bicyclic) bond motifs is 2. The molecule has 0 saturated carbocycles. The number of hydrogen-bond donors (Lipinski definition) is 0. The van der Waals surface area contributed by atoms with Crippen LogP contribution in [0, 0.1) is 0 Å². The number of rotatable bonds is 2. The number of benzene rings is 1. The van der Waals surface area contributed by atoms with E-state index >= 15 is 0 Å². The molecule has 0 atom stereocenters. The summed E-state index contributed by atoms with van der Waals surface area (Å²) in [6, 6.07) is 5.53. The summed E-state index contributed by atoms with van der Waals surface area (Å²) in [6.45, 7) is 4.20. The summed E-state index contributed by atoms with van der Waals surface area (Å²) in [5.41, 5.74) is 4.00. The van der Waals surface area contributed by atoms with Gasteiger partial charge in [0.1, 0.15) is 17.7 Å². The fourth-order valence-electron chi connectivity index (χ4n) is 3.89. The van der Waals surface area contributed by atoms with E-state index in [1.54, 1.807) is 18.7 Å². The summed E-state index contributed by atoms with van der Waals surface area (Å²) in [6.07, 6.45) is 5.59. The highest BCUT2D eigenvalue weighted by atomic mass is 16.5. The Bertz CT molecular complexity index is 1030. The van der Waals surface area contributed by atoms with Gasteiger partial charge in [0.05, 0.1) is 36.5 Å². The van der Waals surface area contributed by atoms with Crippen molar-refractivity contribution < 1.29 is 9.53 Å². The summed E-state index contributed by atoms with van der Waals surface area (Å²) in [5, 5.41) is 0. The summed E-state index contributed by atoms with van der Waals surface area (Å²) in [5.74, 6) is 0.944. The Labute approximate surface area is 162 Å². The van der Waals surface area contributed by atoms with E-state index in [4.69, 9.17) is 4.74 Å². The maximum atomic E-state index is 13.2. The molecule has 1 saturated heterocycles. The van der Waals surface area contributed by atoms with Gasteiger partial charge in [-0.15, -0.1) is 0 Å². The van der Waals surface area contributed by atoms with Gasteiger partial charge < -0.3 is 14.5 Å². The first kappa shape index (κ1) is 17.0. The van der Waals surface area contributed by atoms with E-state index in [1.807, 2.05) is 23.1 Å². The Balaban J connectivity index is 1.43. The number of morpholine rings is 1. The molecule has 0 N–H and O–H groups in total. The number of ether oxygens (including phenoxy) is 1. The summed E-state index contributed by atoms with van der Waals surface area (Å²) >= 11 is 0. The first-order chi connectivity index (χ1) is 13.8. The minimum Gasteiger partial charge on any atom is -0.378 e. The van der Waals surface area contributed by atoms with Crippen LogP contribution in [0.2, 0.25) is 0 Å². The molecule has 142 valence electrons. The van der Waals surface area contributed by atoms with E-state index in [-0.39, 0.29) is 5.91 Å². The van der Waals surface area contributed by atoms with Crippen molar-refractivity contribution in [1.82, 2.24) is 24.8 Å². The number of nitrogens with zero attached hydrogens (tertiary/aromatic N) is 6. The lowest BCUT2D eigenvalue weighted by Crippen LogP contribution is -2.40. The molecule has 3 aromatic rings. The number of carbonyl (C=O) groups is 1. The first-order valence-corrected chi connectivity index (χ1v) is 9.46. The third-order valence-corrected chi connectivity index (χ3v) is 5.31. The zero-order chi connectivity index (χ0) is 18.9. The van der Waals surface area contributed by atoms with Crippen molar-refractivity contribution in [3.63, 3.8) is 0 Å². The minimum atomic E-state index is -0.0386. The van der Waals surface area contributed by atoms with Gasteiger partial charge in [-0.05, 0) is 18.6 Å². The van der Waals surface area contributed by atoms with Gasteiger partial charge in [-0.3, -0.25) is 14.8 Å². The number of anilines is 1. The average Bonchev–Trinajstić information content (AvgIpc) is 2.78. The second-order valence-corrected chi connectivity index (χ2v) is 6.93. The Morgan fingerprint density at radius 3 is 2.75 bits per heavy atom. The summed E-state index contributed by atoms with van der Waals surface area (Å²) in [4.78, 5) is 34.9. The smallest absolute Gasteiger partial charge is 0.256 e. The zero-order valence-corrected chi connectivity index (χ0v) is 15.4. The van der Waals surface area contributed by atoms with E-state index in [9.17, 15) is 4.79 Å². The molecule has 2 aromatic heterocycles. The topological polar surface area (TPSA) is 84.3 Å². The standard InChI is InChI=1S/C20H20N6O2/c27-20(15-2-1-3-16-18(15)22-6-5-21-16)26-7-4-14-17(12-26)23-13-24-19(14)25-8-10-28-11-9-25/h1-3,5-6,13H,4,7-12H2. The Kier molecular flexibility index (Phi) is 4.32. The molecule has 8 nitrogen and oxygen atoms in total. The van der Waals surface area contributed by atoms with Crippen LogP contribution in [0.5, 0.6) is 0 Å². The number of aromatic nitrogens is 4. The molecule has 0 spiro atoms. The second-order valence-electron chi connectivity index (χ2n) is 6.93. The number of amides is 1. The predicted octanol–water partition coefficient (Wildman–Crippen LogP) is 1.45. The van der Waals surface area contributed by atoms with Gasteiger partial charge in [0.15, 0.2) is 0 Å². The van der Waals surface area contributed by atoms with Gasteiger partial charge in [-0.25, -0.2) is 9.97 Å². The van der Waals surface area contributed by atoms with E-state index < -0.39 is 0 Å². The van der Waals surface area contributed by atoms with Crippen LogP contribution in [-0.2, 0) is 17.7 Å². The van der Waals surface area contributed by atoms with Crippen LogP contribution in [0.15, 0.2) is 36.9 Å². The van der Waals surface area contributed by atoms with Gasteiger partial charge in [-0.1, -0.05) is 6.07 Å². The Morgan fingerprint density at radius 2 is 1.86 bits per heavy atom. The van der Waals surface area contributed by atoms with Crippen LogP contribution < -0.4 is 4.90 Å². The summed E-state index contributed by atoms with van der Waals surface area (Å²) < 4.78 is 5.45. The van der Waals surface area contributed by atoms with Crippen LogP contribution in [0.4, 0.5) is 5.82 Å². The fraction of sp³-hybridized carbons (Fsp3) is 0.350. The normalized spacial score (nSPS) is 16.9. The summed E-state index contributed by atoms with van der Waals surface area (Å²) in [7, 11) is 0. The molecule has 1 aromatic carbocycles. The van der Waals surface area contributed by atoms with Crippen molar-refractivity contribution in [3.8, 4) is 0 Å². The van der Waals surface area contributed by atoms with Gasteiger partial charge in [-0.2, -0.15) is 0 Å². The Morgan fingerprint density at radius 1 is 1.00 bits per heavy atom. The number of hydrogen-bond acceptors (Lipinski definition) is 7. The lowest BCUT2D eigenvalue weighted by atomic mass is 10.0. The molecular weight excluding hydrogens is 356 g/mol. The van der Waals surface area contributed by atoms with Crippen molar-refractivity contribution >= 4 is 22.8 Å². The molecule has 1 amide bonds. The Hall–Kier alpha value is -3.13. The fourth-order valence-corrected chi connectivity index (χ4v) is 3.89. The lowest BCUT2D eigenvalue weighted by molar-refractivity contribution is 0.0733. The molecule has 0 bridgehead atoms. The molecule has 2 aliphatic rings. The zero-order valence-electron chi connectivity index (χ0n) is 15.4. The van der Waals surface area contributed by atoms with Crippen LogP contribution >= 0.6 is 0 Å². The van der Waals surface area contributed by atoms with E-state index in [0.29, 0.717) is 37.4 Å². The highest BCUT2D eigenvalue weighted by Gasteiger charge is 2.28. The average molecular weight is 376 g/mol. The molecule has 1 fully saturated rings. The van der Waals surface area contributed by atoms with Crippen LogP contribution in [0.1, 0.15) is 21.6 Å². The van der Waals surface area contributed by atoms with Crippen LogP contribution in [0.3, 0.4) is 0 Å². The highest BCUT2D eigenvalue weighted by molar-refractivity contribution is 6.04. The molecular formula is C20H20N6O2. The van der Waals surface area contributed by atoms with E-state index in [1.165, 1.54) is 0 Å². The van der Waals surface area contributed by atoms with Gasteiger partial charge in [0, 0.05) is 37.6 Å².